The lowest BCUT2D eigenvalue weighted by Gasteiger charge is -2.09. The molecule has 0 aromatic heterocycles. The molecular formula is C15H13Cl2N. The van der Waals surface area contributed by atoms with Crippen molar-refractivity contribution in [2.45, 2.75) is 12.8 Å². The van der Waals surface area contributed by atoms with Gasteiger partial charge in [-0.15, -0.1) is 0 Å². The lowest BCUT2D eigenvalue weighted by Crippen LogP contribution is -2.02. The Morgan fingerprint density at radius 2 is 2.06 bits per heavy atom. The molecule has 0 saturated heterocycles. The third-order valence-corrected chi connectivity index (χ3v) is 3.73. The topological polar surface area (TPSA) is 23.9 Å². The zero-order valence-corrected chi connectivity index (χ0v) is 11.4. The van der Waals surface area contributed by atoms with E-state index in [2.05, 4.69) is 13.2 Å². The van der Waals surface area contributed by atoms with E-state index >= 15 is 0 Å². The highest BCUT2D eigenvalue weighted by Gasteiger charge is 2.20. The summed E-state index contributed by atoms with van der Waals surface area (Å²) in [7, 11) is 0. The zero-order valence-electron chi connectivity index (χ0n) is 9.89. The van der Waals surface area contributed by atoms with Gasteiger partial charge in [-0.2, -0.15) is 0 Å². The van der Waals surface area contributed by atoms with Crippen molar-refractivity contribution in [2.75, 3.05) is 0 Å². The van der Waals surface area contributed by atoms with Crippen LogP contribution in [0.2, 0.25) is 5.02 Å². The second-order valence-electron chi connectivity index (χ2n) is 4.19. The van der Waals surface area contributed by atoms with Gasteiger partial charge in [0.1, 0.15) is 0 Å². The molecule has 0 fully saturated rings. The Morgan fingerprint density at radius 3 is 2.72 bits per heavy atom. The zero-order chi connectivity index (χ0) is 13.3. The smallest absolute Gasteiger partial charge is 0.0659 e. The van der Waals surface area contributed by atoms with Crippen molar-refractivity contribution < 1.29 is 0 Å². The Balaban J connectivity index is 2.55. The quantitative estimate of drug-likeness (QED) is 0.699. The summed E-state index contributed by atoms with van der Waals surface area (Å²) in [5.74, 6) is 0. The number of fused-ring (bicyclic) bond motifs is 1. The summed E-state index contributed by atoms with van der Waals surface area (Å²) < 4.78 is 0. The maximum Gasteiger partial charge on any atom is 0.0659 e. The Bertz CT molecular complexity index is 582. The molecule has 1 aliphatic rings. The first kappa shape index (κ1) is 13.1. The van der Waals surface area contributed by atoms with E-state index in [9.17, 15) is 0 Å². The molecule has 1 N–H and O–H groups in total. The number of allylic oxidation sites excluding steroid dienone is 4. The van der Waals surface area contributed by atoms with E-state index in [0.29, 0.717) is 27.8 Å². The standard InChI is InChI=1S/C15H13Cl2N/c1-3-14(17)13-6-4-10-8-11(16)5-7-12(10)9(2)15(13)18/h3,5,7-8,18H,1-2,4,6H2/b14-13+,18-15?. The van der Waals surface area contributed by atoms with E-state index in [1.54, 1.807) is 6.08 Å². The van der Waals surface area contributed by atoms with E-state index in [1.165, 1.54) is 0 Å². The first-order valence-electron chi connectivity index (χ1n) is 5.62. The minimum Gasteiger partial charge on any atom is -0.300 e. The monoisotopic (exact) mass is 277 g/mol. The van der Waals surface area contributed by atoms with Crippen LogP contribution in [0.15, 0.2) is 48.0 Å². The molecule has 1 aromatic rings. The Morgan fingerprint density at radius 1 is 1.33 bits per heavy atom. The molecule has 0 saturated carbocycles. The largest absolute Gasteiger partial charge is 0.300 e. The van der Waals surface area contributed by atoms with Crippen molar-refractivity contribution >= 4 is 34.5 Å². The van der Waals surface area contributed by atoms with Gasteiger partial charge in [0.2, 0.25) is 0 Å². The molecule has 0 heterocycles. The van der Waals surface area contributed by atoms with Gasteiger partial charge in [-0.1, -0.05) is 48.5 Å². The van der Waals surface area contributed by atoms with Gasteiger partial charge in [-0.25, -0.2) is 0 Å². The van der Waals surface area contributed by atoms with Crippen LogP contribution in [0, 0.1) is 5.41 Å². The Labute approximate surface area is 117 Å². The van der Waals surface area contributed by atoms with Gasteiger partial charge in [0.05, 0.1) is 5.71 Å². The number of hydrogen-bond donors (Lipinski definition) is 1. The number of halogens is 2. The van der Waals surface area contributed by atoms with Crippen LogP contribution >= 0.6 is 23.2 Å². The molecule has 2 rings (SSSR count). The highest BCUT2D eigenvalue weighted by Crippen LogP contribution is 2.32. The molecule has 0 spiro atoms. The van der Waals surface area contributed by atoms with Gasteiger partial charge in [-0.05, 0) is 41.7 Å². The summed E-state index contributed by atoms with van der Waals surface area (Å²) in [5.41, 5.74) is 3.97. The number of hydrogen-bond acceptors (Lipinski definition) is 1. The fraction of sp³-hybridized carbons (Fsp3) is 0.133. The van der Waals surface area contributed by atoms with Crippen molar-refractivity contribution in [1.82, 2.24) is 0 Å². The molecule has 0 aliphatic heterocycles. The van der Waals surface area contributed by atoms with Crippen molar-refractivity contribution in [3.8, 4) is 0 Å². The van der Waals surface area contributed by atoms with Gasteiger partial charge in [-0.3, -0.25) is 5.41 Å². The van der Waals surface area contributed by atoms with E-state index in [-0.39, 0.29) is 0 Å². The lowest BCUT2D eigenvalue weighted by molar-refractivity contribution is 0.978. The van der Waals surface area contributed by atoms with Crippen molar-refractivity contribution in [3.05, 3.63) is 64.2 Å². The first-order valence-corrected chi connectivity index (χ1v) is 6.38. The van der Waals surface area contributed by atoms with Gasteiger partial charge >= 0.3 is 0 Å². The minimum atomic E-state index is 0.390. The third kappa shape index (κ3) is 2.29. The molecule has 0 atom stereocenters. The van der Waals surface area contributed by atoms with Crippen molar-refractivity contribution in [1.29, 1.82) is 5.41 Å². The molecule has 1 nitrogen and oxygen atoms in total. The molecule has 92 valence electrons. The second kappa shape index (κ2) is 5.13. The minimum absolute atomic E-state index is 0.390. The fourth-order valence-electron chi connectivity index (χ4n) is 2.13. The molecule has 0 radical (unpaired) electrons. The molecule has 1 aliphatic carbocycles. The van der Waals surface area contributed by atoms with E-state index < -0.39 is 0 Å². The van der Waals surface area contributed by atoms with Crippen molar-refractivity contribution in [2.24, 2.45) is 0 Å². The summed E-state index contributed by atoms with van der Waals surface area (Å²) in [6.07, 6.45) is 3.08. The summed E-state index contributed by atoms with van der Waals surface area (Å²) in [5, 5.41) is 9.42. The maximum absolute atomic E-state index is 8.19. The lowest BCUT2D eigenvalue weighted by atomic mass is 9.98. The second-order valence-corrected chi connectivity index (χ2v) is 5.03. The molecule has 0 amide bonds. The van der Waals surface area contributed by atoms with Crippen LogP contribution in [-0.4, -0.2) is 5.71 Å². The van der Waals surface area contributed by atoms with Crippen LogP contribution in [0.25, 0.3) is 5.57 Å². The SMILES string of the molecule is C=C/C(Cl)=C1/CCc2cc(Cl)ccc2C(=C)C1=N. The van der Waals surface area contributed by atoms with Crippen LogP contribution in [-0.2, 0) is 6.42 Å². The molecule has 3 heteroatoms. The summed E-state index contributed by atoms with van der Waals surface area (Å²) in [4.78, 5) is 0. The van der Waals surface area contributed by atoms with E-state index in [1.807, 2.05) is 18.2 Å². The molecule has 1 aromatic carbocycles. The van der Waals surface area contributed by atoms with Crippen molar-refractivity contribution in [3.63, 3.8) is 0 Å². The average Bonchev–Trinajstić information content (AvgIpc) is 2.48. The van der Waals surface area contributed by atoms with Gasteiger partial charge in [0.25, 0.3) is 0 Å². The maximum atomic E-state index is 8.19. The Hall–Kier alpha value is -1.31. The number of nitrogens with one attached hydrogen (secondary N) is 1. The molecular weight excluding hydrogens is 265 g/mol. The molecule has 0 bridgehead atoms. The average molecular weight is 278 g/mol. The van der Waals surface area contributed by atoms with Crippen LogP contribution in [0.4, 0.5) is 0 Å². The van der Waals surface area contributed by atoms with Gasteiger partial charge in [0, 0.05) is 15.6 Å². The van der Waals surface area contributed by atoms with Crippen LogP contribution in [0.1, 0.15) is 17.5 Å². The van der Waals surface area contributed by atoms with Gasteiger partial charge in [0.15, 0.2) is 0 Å². The Kier molecular flexibility index (Phi) is 3.74. The van der Waals surface area contributed by atoms with Crippen LogP contribution in [0.3, 0.4) is 0 Å². The summed E-state index contributed by atoms with van der Waals surface area (Å²) >= 11 is 12.1. The van der Waals surface area contributed by atoms with E-state index in [4.69, 9.17) is 28.6 Å². The first-order chi connectivity index (χ1) is 8.54. The van der Waals surface area contributed by atoms with Crippen LogP contribution < -0.4 is 0 Å². The molecule has 0 unspecified atom stereocenters. The van der Waals surface area contributed by atoms with Gasteiger partial charge < -0.3 is 0 Å². The van der Waals surface area contributed by atoms with E-state index in [0.717, 1.165) is 23.1 Å². The summed E-state index contributed by atoms with van der Waals surface area (Å²) in [6.45, 7) is 7.65. The fourth-order valence-corrected chi connectivity index (χ4v) is 2.51. The highest BCUT2D eigenvalue weighted by molar-refractivity contribution is 6.39. The highest BCUT2D eigenvalue weighted by atomic mass is 35.5. The molecule has 18 heavy (non-hydrogen) atoms. The normalized spacial score (nSPS) is 18.1. The third-order valence-electron chi connectivity index (χ3n) is 3.11. The predicted octanol–water partition coefficient (Wildman–Crippen LogP) is 5.00. The summed E-state index contributed by atoms with van der Waals surface area (Å²) in [6, 6.07) is 5.67. The number of rotatable bonds is 1. The predicted molar refractivity (Wildman–Crippen MR) is 79.6 cm³/mol. The number of aryl methyl sites for hydroxylation is 1. The number of benzene rings is 1. The van der Waals surface area contributed by atoms with Crippen LogP contribution in [0.5, 0.6) is 0 Å².